The number of hydrogen-bond acceptors (Lipinski definition) is 5. The van der Waals surface area contributed by atoms with Crippen molar-refractivity contribution in [3.63, 3.8) is 0 Å². The standard InChI is InChI=1S/C16H18FN3O4S/c17-12-1-3-14(4-2-12)25(23,24)20-7-5-19(6-8-20)11-13-9-15(21)16(22)10-18-13/h1-4,9-10,22H,5-8,11H2,(H,18,21). The van der Waals surface area contributed by atoms with Crippen molar-refractivity contribution < 1.29 is 17.9 Å². The molecule has 0 atom stereocenters. The summed E-state index contributed by atoms with van der Waals surface area (Å²) in [5.41, 5.74) is 0.198. The highest BCUT2D eigenvalue weighted by Gasteiger charge is 2.28. The Kier molecular flexibility index (Phi) is 4.89. The molecule has 7 nitrogen and oxygen atoms in total. The van der Waals surface area contributed by atoms with Gasteiger partial charge in [0.25, 0.3) is 0 Å². The Hall–Kier alpha value is -2.23. The zero-order valence-electron chi connectivity index (χ0n) is 13.4. The van der Waals surface area contributed by atoms with E-state index in [-0.39, 0.29) is 10.6 Å². The second-order valence-corrected chi connectivity index (χ2v) is 7.78. The maximum atomic E-state index is 13.0. The number of benzene rings is 1. The first-order valence-corrected chi connectivity index (χ1v) is 9.19. The van der Waals surface area contributed by atoms with E-state index in [0.29, 0.717) is 38.4 Å². The lowest BCUT2D eigenvalue weighted by Gasteiger charge is -2.33. The highest BCUT2D eigenvalue weighted by molar-refractivity contribution is 7.89. The van der Waals surface area contributed by atoms with E-state index < -0.39 is 21.3 Å². The van der Waals surface area contributed by atoms with E-state index in [1.165, 1.54) is 28.7 Å². The molecular formula is C16H18FN3O4S. The number of H-pyrrole nitrogens is 1. The summed E-state index contributed by atoms with van der Waals surface area (Å²) in [7, 11) is -3.64. The van der Waals surface area contributed by atoms with Gasteiger partial charge in [-0.2, -0.15) is 4.31 Å². The van der Waals surface area contributed by atoms with Crippen LogP contribution in [-0.2, 0) is 16.6 Å². The molecule has 1 saturated heterocycles. The highest BCUT2D eigenvalue weighted by Crippen LogP contribution is 2.18. The van der Waals surface area contributed by atoms with E-state index in [1.807, 2.05) is 4.90 Å². The van der Waals surface area contributed by atoms with E-state index in [1.54, 1.807) is 0 Å². The molecule has 0 bridgehead atoms. The van der Waals surface area contributed by atoms with Gasteiger partial charge in [-0.15, -0.1) is 0 Å². The third-order valence-corrected chi connectivity index (χ3v) is 6.04. The lowest BCUT2D eigenvalue weighted by molar-refractivity contribution is 0.180. The summed E-state index contributed by atoms with van der Waals surface area (Å²) in [6.07, 6.45) is 1.24. The molecule has 134 valence electrons. The van der Waals surface area contributed by atoms with Crippen LogP contribution in [0.5, 0.6) is 5.75 Å². The van der Waals surface area contributed by atoms with Crippen LogP contribution in [0.1, 0.15) is 5.69 Å². The van der Waals surface area contributed by atoms with Gasteiger partial charge in [0, 0.05) is 50.7 Å². The molecule has 0 amide bonds. The molecule has 2 heterocycles. The second kappa shape index (κ2) is 6.95. The van der Waals surface area contributed by atoms with Crippen molar-refractivity contribution in [3.8, 4) is 5.75 Å². The Morgan fingerprint density at radius 2 is 1.76 bits per heavy atom. The fraction of sp³-hybridized carbons (Fsp3) is 0.312. The lowest BCUT2D eigenvalue weighted by Crippen LogP contribution is -2.48. The molecule has 0 aliphatic carbocycles. The first-order valence-electron chi connectivity index (χ1n) is 7.75. The van der Waals surface area contributed by atoms with E-state index >= 15 is 0 Å². The van der Waals surface area contributed by atoms with Crippen molar-refractivity contribution in [2.45, 2.75) is 11.4 Å². The molecule has 1 fully saturated rings. The Labute approximate surface area is 144 Å². The normalized spacial score (nSPS) is 16.8. The van der Waals surface area contributed by atoms with Crippen molar-refractivity contribution in [2.75, 3.05) is 26.2 Å². The van der Waals surface area contributed by atoms with Crippen LogP contribution in [0, 0.1) is 5.82 Å². The molecule has 9 heteroatoms. The minimum absolute atomic E-state index is 0.0743. The number of rotatable bonds is 4. The van der Waals surface area contributed by atoms with Crippen molar-refractivity contribution >= 4 is 10.0 Å². The first kappa shape index (κ1) is 17.6. The van der Waals surface area contributed by atoms with Crippen LogP contribution in [0.25, 0.3) is 0 Å². The third-order valence-electron chi connectivity index (χ3n) is 4.13. The van der Waals surface area contributed by atoms with Crippen LogP contribution in [-0.4, -0.2) is 53.9 Å². The van der Waals surface area contributed by atoms with Gasteiger partial charge in [0.1, 0.15) is 5.82 Å². The molecule has 3 rings (SSSR count). The molecule has 1 aliphatic heterocycles. The summed E-state index contributed by atoms with van der Waals surface area (Å²) in [5.74, 6) is -0.814. The largest absolute Gasteiger partial charge is 0.503 e. The summed E-state index contributed by atoms with van der Waals surface area (Å²) < 4.78 is 39.5. The predicted molar refractivity (Wildman–Crippen MR) is 89.2 cm³/mol. The minimum atomic E-state index is -3.64. The van der Waals surface area contributed by atoms with Gasteiger partial charge in [-0.05, 0) is 24.3 Å². The number of aromatic nitrogens is 1. The van der Waals surface area contributed by atoms with E-state index in [9.17, 15) is 22.7 Å². The van der Waals surface area contributed by atoms with Crippen LogP contribution >= 0.6 is 0 Å². The first-order chi connectivity index (χ1) is 11.9. The molecule has 1 aliphatic rings. The number of hydrogen-bond donors (Lipinski definition) is 2. The molecular weight excluding hydrogens is 349 g/mol. The number of sulfonamides is 1. The molecule has 0 spiro atoms. The second-order valence-electron chi connectivity index (χ2n) is 5.84. The van der Waals surface area contributed by atoms with Gasteiger partial charge in [0.2, 0.25) is 15.5 Å². The molecule has 2 aromatic rings. The summed E-state index contributed by atoms with van der Waals surface area (Å²) in [5, 5.41) is 9.25. The minimum Gasteiger partial charge on any atom is -0.503 e. The fourth-order valence-corrected chi connectivity index (χ4v) is 4.14. The van der Waals surface area contributed by atoms with E-state index in [2.05, 4.69) is 4.98 Å². The van der Waals surface area contributed by atoms with Gasteiger partial charge in [-0.25, -0.2) is 12.8 Å². The molecule has 1 aromatic heterocycles. The number of aromatic amines is 1. The van der Waals surface area contributed by atoms with Gasteiger partial charge in [-0.1, -0.05) is 0 Å². The topological polar surface area (TPSA) is 93.7 Å². The van der Waals surface area contributed by atoms with Crippen molar-refractivity contribution in [2.24, 2.45) is 0 Å². The molecule has 0 unspecified atom stereocenters. The monoisotopic (exact) mass is 367 g/mol. The number of aromatic hydroxyl groups is 1. The maximum absolute atomic E-state index is 13.0. The number of halogens is 1. The smallest absolute Gasteiger partial charge is 0.243 e. The quantitative estimate of drug-likeness (QED) is 0.831. The molecule has 1 aromatic carbocycles. The Bertz CT molecular complexity index is 904. The predicted octanol–water partition coefficient (Wildman–Crippen LogP) is 0.726. The maximum Gasteiger partial charge on any atom is 0.243 e. The Morgan fingerprint density at radius 1 is 1.12 bits per heavy atom. The molecule has 0 saturated carbocycles. The van der Waals surface area contributed by atoms with Gasteiger partial charge >= 0.3 is 0 Å². The Morgan fingerprint density at radius 3 is 2.36 bits per heavy atom. The van der Waals surface area contributed by atoms with Crippen LogP contribution in [0.15, 0.2) is 46.2 Å². The SMILES string of the molecule is O=c1cc(CN2CCN(S(=O)(=O)c3ccc(F)cc3)CC2)[nH]cc1O. The van der Waals surface area contributed by atoms with Gasteiger partial charge in [-0.3, -0.25) is 9.69 Å². The lowest BCUT2D eigenvalue weighted by atomic mass is 10.3. The van der Waals surface area contributed by atoms with Crippen molar-refractivity contribution in [1.29, 1.82) is 0 Å². The van der Waals surface area contributed by atoms with E-state index in [4.69, 9.17) is 0 Å². The number of piperazine rings is 1. The van der Waals surface area contributed by atoms with Crippen LogP contribution in [0.2, 0.25) is 0 Å². The zero-order chi connectivity index (χ0) is 18.0. The average Bonchev–Trinajstić information content (AvgIpc) is 2.59. The fourth-order valence-electron chi connectivity index (χ4n) is 2.72. The molecule has 2 N–H and O–H groups in total. The summed E-state index contributed by atoms with van der Waals surface area (Å²) in [4.78, 5) is 16.4. The highest BCUT2D eigenvalue weighted by atomic mass is 32.2. The van der Waals surface area contributed by atoms with Gasteiger partial charge < -0.3 is 10.1 Å². The average molecular weight is 367 g/mol. The van der Waals surface area contributed by atoms with Crippen molar-refractivity contribution in [1.82, 2.24) is 14.2 Å². The number of nitrogens with one attached hydrogen (secondary N) is 1. The van der Waals surface area contributed by atoms with E-state index in [0.717, 1.165) is 12.1 Å². The molecule has 25 heavy (non-hydrogen) atoms. The van der Waals surface area contributed by atoms with Gasteiger partial charge in [0.05, 0.1) is 4.90 Å². The number of nitrogens with zero attached hydrogens (tertiary/aromatic N) is 2. The Balaban J connectivity index is 1.64. The van der Waals surface area contributed by atoms with Gasteiger partial charge in [0.15, 0.2) is 5.75 Å². The summed E-state index contributed by atoms with van der Waals surface area (Å²) >= 11 is 0. The zero-order valence-corrected chi connectivity index (χ0v) is 14.2. The van der Waals surface area contributed by atoms with Crippen LogP contribution in [0.3, 0.4) is 0 Å². The summed E-state index contributed by atoms with van der Waals surface area (Å²) in [6, 6.07) is 6.11. The molecule has 0 radical (unpaired) electrons. The third kappa shape index (κ3) is 3.89. The van der Waals surface area contributed by atoms with Crippen LogP contribution in [0.4, 0.5) is 4.39 Å². The summed E-state index contributed by atoms with van der Waals surface area (Å²) in [6.45, 7) is 2.08. The van der Waals surface area contributed by atoms with Crippen molar-refractivity contribution in [3.05, 3.63) is 58.3 Å². The number of pyridine rings is 1. The van der Waals surface area contributed by atoms with Crippen LogP contribution < -0.4 is 5.43 Å².